The smallest absolute Gasteiger partial charge is 0.229 e. The Morgan fingerprint density at radius 3 is 2.22 bits per heavy atom. The first-order valence-electron chi connectivity index (χ1n) is 5.62. The van der Waals surface area contributed by atoms with E-state index in [0.717, 1.165) is 11.8 Å². The van der Waals surface area contributed by atoms with E-state index in [1.54, 1.807) is 24.3 Å². The maximum atomic E-state index is 11.4. The average molecular weight is 270 g/mol. The maximum Gasteiger partial charge on any atom is 0.229 e. The Balaban J connectivity index is 2.58. The van der Waals surface area contributed by atoms with Gasteiger partial charge in [0.1, 0.15) is 0 Å². The molecule has 0 aliphatic rings. The summed E-state index contributed by atoms with van der Waals surface area (Å²) in [7, 11) is -3.25. The molecular weight excluding hydrogens is 252 g/mol. The molecule has 0 saturated heterocycles. The summed E-state index contributed by atoms with van der Waals surface area (Å²) in [6.45, 7) is 4.10. The van der Waals surface area contributed by atoms with Crippen LogP contribution in [0, 0.1) is 5.92 Å². The third-order valence-corrected chi connectivity index (χ3v) is 2.85. The molecule has 0 heterocycles. The molecule has 5 nitrogen and oxygen atoms in total. The van der Waals surface area contributed by atoms with Crippen molar-refractivity contribution in [1.82, 2.24) is 5.32 Å². The minimum absolute atomic E-state index is 0.00617. The van der Waals surface area contributed by atoms with E-state index in [1.165, 1.54) is 0 Å². The van der Waals surface area contributed by atoms with Gasteiger partial charge in [-0.05, 0) is 17.7 Å². The Morgan fingerprint density at radius 1 is 1.22 bits per heavy atom. The van der Waals surface area contributed by atoms with Gasteiger partial charge in [-0.15, -0.1) is 0 Å². The van der Waals surface area contributed by atoms with E-state index < -0.39 is 10.0 Å². The predicted molar refractivity (Wildman–Crippen MR) is 71.6 cm³/mol. The van der Waals surface area contributed by atoms with Crippen LogP contribution in [-0.2, 0) is 21.4 Å². The van der Waals surface area contributed by atoms with Crippen LogP contribution in [0.3, 0.4) is 0 Å². The second-order valence-corrected chi connectivity index (χ2v) is 6.19. The first-order chi connectivity index (χ1) is 8.28. The summed E-state index contributed by atoms with van der Waals surface area (Å²) in [4.78, 5) is 11.4. The Hall–Kier alpha value is -1.56. The van der Waals surface area contributed by atoms with Crippen LogP contribution in [0.25, 0.3) is 0 Å². The van der Waals surface area contributed by atoms with E-state index in [4.69, 9.17) is 0 Å². The first kappa shape index (κ1) is 14.5. The minimum Gasteiger partial charge on any atom is -0.352 e. The number of carbonyl (C=O) groups excluding carboxylic acids is 1. The van der Waals surface area contributed by atoms with Crippen molar-refractivity contribution in [1.29, 1.82) is 0 Å². The zero-order chi connectivity index (χ0) is 13.8. The van der Waals surface area contributed by atoms with E-state index in [9.17, 15) is 13.2 Å². The quantitative estimate of drug-likeness (QED) is 0.847. The lowest BCUT2D eigenvalue weighted by Crippen LogP contribution is -2.27. The number of hydrogen-bond donors (Lipinski definition) is 2. The molecule has 0 spiro atoms. The van der Waals surface area contributed by atoms with Crippen LogP contribution in [0.1, 0.15) is 19.4 Å². The molecule has 1 aromatic rings. The highest BCUT2D eigenvalue weighted by atomic mass is 32.2. The number of sulfonamides is 1. The van der Waals surface area contributed by atoms with Gasteiger partial charge in [-0.3, -0.25) is 9.52 Å². The SMILES string of the molecule is CC(C)C(=O)NCc1ccc(NS(C)(=O)=O)cc1. The van der Waals surface area contributed by atoms with Crippen molar-refractivity contribution in [3.05, 3.63) is 29.8 Å². The molecule has 0 unspecified atom stereocenters. The van der Waals surface area contributed by atoms with Crippen molar-refractivity contribution in [3.8, 4) is 0 Å². The number of nitrogens with one attached hydrogen (secondary N) is 2. The lowest BCUT2D eigenvalue weighted by molar-refractivity contribution is -0.124. The van der Waals surface area contributed by atoms with Crippen LogP contribution in [0.5, 0.6) is 0 Å². The summed E-state index contributed by atoms with van der Waals surface area (Å²) in [6.07, 6.45) is 1.10. The third kappa shape index (κ3) is 5.18. The summed E-state index contributed by atoms with van der Waals surface area (Å²) in [6, 6.07) is 6.87. The highest BCUT2D eigenvalue weighted by molar-refractivity contribution is 7.92. The van der Waals surface area contributed by atoms with E-state index >= 15 is 0 Å². The van der Waals surface area contributed by atoms with Gasteiger partial charge in [0.2, 0.25) is 15.9 Å². The summed E-state index contributed by atoms with van der Waals surface area (Å²) in [5.74, 6) is -0.0514. The van der Waals surface area contributed by atoms with Crippen LogP contribution in [0.15, 0.2) is 24.3 Å². The standard InChI is InChI=1S/C12H18N2O3S/c1-9(2)12(15)13-8-10-4-6-11(7-5-10)14-18(3,16)17/h4-7,9,14H,8H2,1-3H3,(H,13,15). The fourth-order valence-electron chi connectivity index (χ4n) is 1.30. The molecule has 100 valence electrons. The Kier molecular flexibility index (Phi) is 4.72. The normalized spacial score (nSPS) is 11.3. The third-order valence-electron chi connectivity index (χ3n) is 2.25. The molecule has 18 heavy (non-hydrogen) atoms. The number of rotatable bonds is 5. The highest BCUT2D eigenvalue weighted by Gasteiger charge is 2.06. The zero-order valence-corrected chi connectivity index (χ0v) is 11.5. The van der Waals surface area contributed by atoms with Gasteiger partial charge >= 0.3 is 0 Å². The molecule has 0 saturated carbocycles. The average Bonchev–Trinajstić information content (AvgIpc) is 2.25. The van der Waals surface area contributed by atoms with Gasteiger partial charge in [0, 0.05) is 18.2 Å². The van der Waals surface area contributed by atoms with Crippen molar-refractivity contribution in [2.24, 2.45) is 5.92 Å². The lowest BCUT2D eigenvalue weighted by atomic mass is 10.2. The number of hydrogen-bond acceptors (Lipinski definition) is 3. The van der Waals surface area contributed by atoms with Crippen molar-refractivity contribution in [2.45, 2.75) is 20.4 Å². The summed E-state index contributed by atoms with van der Waals surface area (Å²) in [5, 5.41) is 2.79. The maximum absolute atomic E-state index is 11.4. The van der Waals surface area contributed by atoms with Gasteiger partial charge in [-0.25, -0.2) is 8.42 Å². The monoisotopic (exact) mass is 270 g/mol. The predicted octanol–water partition coefficient (Wildman–Crippen LogP) is 1.33. The number of amides is 1. The Bertz CT molecular complexity index is 507. The van der Waals surface area contributed by atoms with E-state index in [0.29, 0.717) is 12.2 Å². The molecule has 2 N–H and O–H groups in total. The molecule has 0 aromatic heterocycles. The fourth-order valence-corrected chi connectivity index (χ4v) is 1.86. The second kappa shape index (κ2) is 5.86. The molecule has 0 fully saturated rings. The van der Waals surface area contributed by atoms with E-state index in [2.05, 4.69) is 10.0 Å². The summed E-state index contributed by atoms with van der Waals surface area (Å²) in [5.41, 5.74) is 1.43. The number of benzene rings is 1. The largest absolute Gasteiger partial charge is 0.352 e. The van der Waals surface area contributed by atoms with Gasteiger partial charge in [0.25, 0.3) is 0 Å². The van der Waals surface area contributed by atoms with Gasteiger partial charge in [0.05, 0.1) is 6.26 Å². The van der Waals surface area contributed by atoms with Gasteiger partial charge in [-0.2, -0.15) is 0 Å². The molecular formula is C12H18N2O3S. The Morgan fingerprint density at radius 2 is 1.78 bits per heavy atom. The summed E-state index contributed by atoms with van der Waals surface area (Å²) < 4.78 is 24.4. The van der Waals surface area contributed by atoms with Crippen LogP contribution >= 0.6 is 0 Å². The number of anilines is 1. The molecule has 1 aromatic carbocycles. The van der Waals surface area contributed by atoms with Crippen molar-refractivity contribution >= 4 is 21.6 Å². The minimum atomic E-state index is -3.25. The first-order valence-corrected chi connectivity index (χ1v) is 7.51. The van der Waals surface area contributed by atoms with E-state index in [-0.39, 0.29) is 11.8 Å². The van der Waals surface area contributed by atoms with Crippen molar-refractivity contribution < 1.29 is 13.2 Å². The molecule has 0 radical (unpaired) electrons. The van der Waals surface area contributed by atoms with Crippen molar-refractivity contribution in [3.63, 3.8) is 0 Å². The highest BCUT2D eigenvalue weighted by Crippen LogP contribution is 2.10. The lowest BCUT2D eigenvalue weighted by Gasteiger charge is -2.08. The van der Waals surface area contributed by atoms with E-state index in [1.807, 2.05) is 13.8 Å². The van der Waals surface area contributed by atoms with Crippen LogP contribution in [-0.4, -0.2) is 20.6 Å². The molecule has 1 rings (SSSR count). The fraction of sp³-hybridized carbons (Fsp3) is 0.417. The molecule has 0 bridgehead atoms. The van der Waals surface area contributed by atoms with Crippen LogP contribution in [0.4, 0.5) is 5.69 Å². The van der Waals surface area contributed by atoms with Gasteiger partial charge < -0.3 is 5.32 Å². The van der Waals surface area contributed by atoms with Crippen molar-refractivity contribution in [2.75, 3.05) is 11.0 Å². The Labute approximate surface area is 108 Å². The molecule has 6 heteroatoms. The van der Waals surface area contributed by atoms with Crippen LogP contribution < -0.4 is 10.0 Å². The van der Waals surface area contributed by atoms with Gasteiger partial charge in [0.15, 0.2) is 0 Å². The molecule has 1 amide bonds. The van der Waals surface area contributed by atoms with Gasteiger partial charge in [-0.1, -0.05) is 26.0 Å². The molecule has 0 aliphatic heterocycles. The van der Waals surface area contributed by atoms with Crippen LogP contribution in [0.2, 0.25) is 0 Å². The summed E-state index contributed by atoms with van der Waals surface area (Å²) >= 11 is 0. The number of carbonyl (C=O) groups is 1. The second-order valence-electron chi connectivity index (χ2n) is 4.44. The topological polar surface area (TPSA) is 75.3 Å². The molecule has 0 aliphatic carbocycles. The molecule has 0 atom stereocenters. The zero-order valence-electron chi connectivity index (χ0n) is 10.7.